The smallest absolute Gasteiger partial charge is 0.341 e. The molecule has 0 spiro atoms. The van der Waals surface area contributed by atoms with Crippen molar-refractivity contribution in [2.45, 2.75) is 12.8 Å². The van der Waals surface area contributed by atoms with Crippen LogP contribution in [0.25, 0.3) is 6.08 Å². The molecular formula is C25H22N2O4. The number of pyridine rings is 1. The Morgan fingerprint density at radius 1 is 0.968 bits per heavy atom. The number of carboxylic acid groups (broad SMARTS) is 1. The van der Waals surface area contributed by atoms with Crippen molar-refractivity contribution >= 4 is 17.8 Å². The fourth-order valence-electron chi connectivity index (χ4n) is 3.51. The Hall–Kier alpha value is -3.93. The SMILES string of the molecule is O=C(O)COc1cccc2c1CCC(CON=C(c1ccccc1)c1ccncc1)=C2. The molecule has 6 nitrogen and oxygen atoms in total. The minimum atomic E-state index is -0.987. The number of benzene rings is 2. The average Bonchev–Trinajstić information content (AvgIpc) is 2.81. The lowest BCUT2D eigenvalue weighted by molar-refractivity contribution is -0.139. The molecule has 4 rings (SSSR count). The second-order valence-corrected chi connectivity index (χ2v) is 7.12. The molecular weight excluding hydrogens is 392 g/mol. The molecule has 31 heavy (non-hydrogen) atoms. The van der Waals surface area contributed by atoms with E-state index in [0.29, 0.717) is 12.4 Å². The molecule has 1 aliphatic rings. The van der Waals surface area contributed by atoms with E-state index in [1.165, 1.54) is 0 Å². The van der Waals surface area contributed by atoms with E-state index in [2.05, 4.69) is 16.2 Å². The monoisotopic (exact) mass is 414 g/mol. The Morgan fingerprint density at radius 2 is 1.74 bits per heavy atom. The summed E-state index contributed by atoms with van der Waals surface area (Å²) in [6, 6.07) is 19.4. The van der Waals surface area contributed by atoms with Crippen LogP contribution in [-0.4, -0.2) is 35.0 Å². The largest absolute Gasteiger partial charge is 0.482 e. The summed E-state index contributed by atoms with van der Waals surface area (Å²) in [5.74, 6) is -0.363. The van der Waals surface area contributed by atoms with Gasteiger partial charge in [0.1, 0.15) is 18.1 Å². The van der Waals surface area contributed by atoms with Crippen LogP contribution in [-0.2, 0) is 16.1 Å². The third kappa shape index (κ3) is 5.17. The molecule has 1 aliphatic carbocycles. The molecule has 6 heteroatoms. The summed E-state index contributed by atoms with van der Waals surface area (Å²) in [5, 5.41) is 13.3. The molecule has 2 aromatic carbocycles. The number of hydrogen-bond donors (Lipinski definition) is 1. The predicted octanol–water partition coefficient (Wildman–Crippen LogP) is 4.34. The van der Waals surface area contributed by atoms with E-state index in [4.69, 9.17) is 14.7 Å². The molecule has 0 unspecified atom stereocenters. The van der Waals surface area contributed by atoms with Crippen LogP contribution in [0.2, 0.25) is 0 Å². The normalized spacial score (nSPS) is 13.2. The van der Waals surface area contributed by atoms with Gasteiger partial charge in [0.15, 0.2) is 6.61 Å². The first-order valence-electron chi connectivity index (χ1n) is 10.0. The summed E-state index contributed by atoms with van der Waals surface area (Å²) in [6.45, 7) is 0.0309. The first kappa shape index (κ1) is 20.3. The van der Waals surface area contributed by atoms with Crippen LogP contribution >= 0.6 is 0 Å². The summed E-state index contributed by atoms with van der Waals surface area (Å²) in [4.78, 5) is 20.6. The van der Waals surface area contributed by atoms with Crippen LogP contribution in [0.5, 0.6) is 5.75 Å². The maximum absolute atomic E-state index is 10.8. The van der Waals surface area contributed by atoms with Crippen molar-refractivity contribution in [3.63, 3.8) is 0 Å². The van der Waals surface area contributed by atoms with E-state index >= 15 is 0 Å². The van der Waals surface area contributed by atoms with Crippen LogP contribution in [0.4, 0.5) is 0 Å². The zero-order valence-corrected chi connectivity index (χ0v) is 16.9. The highest BCUT2D eigenvalue weighted by Crippen LogP contribution is 2.31. The minimum Gasteiger partial charge on any atom is -0.482 e. The predicted molar refractivity (Wildman–Crippen MR) is 118 cm³/mol. The van der Waals surface area contributed by atoms with E-state index in [0.717, 1.165) is 46.4 Å². The zero-order valence-electron chi connectivity index (χ0n) is 16.9. The van der Waals surface area contributed by atoms with Gasteiger partial charge in [-0.25, -0.2) is 4.79 Å². The van der Waals surface area contributed by atoms with Gasteiger partial charge in [0.25, 0.3) is 0 Å². The number of aliphatic carboxylic acids is 1. The fraction of sp³-hybridized carbons (Fsp3) is 0.160. The van der Waals surface area contributed by atoms with Gasteiger partial charge in [-0.05, 0) is 42.2 Å². The van der Waals surface area contributed by atoms with Crippen LogP contribution < -0.4 is 4.74 Å². The van der Waals surface area contributed by atoms with Gasteiger partial charge in [0.05, 0.1) is 0 Å². The number of hydrogen-bond acceptors (Lipinski definition) is 5. The number of fused-ring (bicyclic) bond motifs is 1. The zero-order chi connectivity index (χ0) is 21.5. The number of aromatic nitrogens is 1. The summed E-state index contributed by atoms with van der Waals surface area (Å²) in [5.41, 5.74) is 5.83. The number of ether oxygens (including phenoxy) is 1. The molecule has 156 valence electrons. The highest BCUT2D eigenvalue weighted by molar-refractivity contribution is 6.12. The van der Waals surface area contributed by atoms with Crippen LogP contribution in [0.15, 0.2) is 83.8 Å². The van der Waals surface area contributed by atoms with Crippen molar-refractivity contribution in [1.82, 2.24) is 4.98 Å². The molecule has 1 N–H and O–H groups in total. The van der Waals surface area contributed by atoms with Crippen molar-refractivity contribution in [1.29, 1.82) is 0 Å². The Kier molecular flexibility index (Phi) is 6.38. The van der Waals surface area contributed by atoms with Crippen molar-refractivity contribution < 1.29 is 19.5 Å². The Labute approximate surface area is 180 Å². The third-order valence-electron chi connectivity index (χ3n) is 4.98. The number of carboxylic acids is 1. The third-order valence-corrected chi connectivity index (χ3v) is 4.98. The van der Waals surface area contributed by atoms with Gasteiger partial charge in [-0.15, -0.1) is 0 Å². The van der Waals surface area contributed by atoms with Crippen LogP contribution in [0.1, 0.15) is 28.7 Å². The minimum absolute atomic E-state index is 0.345. The Bertz CT molecular complexity index is 1070. The van der Waals surface area contributed by atoms with Crippen LogP contribution in [0.3, 0.4) is 0 Å². The average molecular weight is 414 g/mol. The number of nitrogens with zero attached hydrogens (tertiary/aromatic N) is 2. The lowest BCUT2D eigenvalue weighted by Crippen LogP contribution is -2.12. The summed E-state index contributed by atoms with van der Waals surface area (Å²) >= 11 is 0. The first-order chi connectivity index (χ1) is 15.2. The maximum atomic E-state index is 10.8. The molecule has 1 heterocycles. The summed E-state index contributed by atoms with van der Waals surface area (Å²) in [6.07, 6.45) is 7.10. The van der Waals surface area contributed by atoms with E-state index in [1.54, 1.807) is 12.4 Å². The van der Waals surface area contributed by atoms with Gasteiger partial charge in [-0.3, -0.25) is 4.98 Å². The van der Waals surface area contributed by atoms with Gasteiger partial charge in [0.2, 0.25) is 0 Å². The molecule has 0 radical (unpaired) electrons. The van der Waals surface area contributed by atoms with Crippen molar-refractivity contribution in [2.75, 3.05) is 13.2 Å². The molecule has 0 saturated carbocycles. The van der Waals surface area contributed by atoms with Gasteiger partial charge in [-0.1, -0.05) is 53.7 Å². The highest BCUT2D eigenvalue weighted by Gasteiger charge is 2.16. The van der Waals surface area contributed by atoms with E-state index < -0.39 is 5.97 Å². The molecule has 0 fully saturated rings. The van der Waals surface area contributed by atoms with E-state index in [1.807, 2.05) is 60.7 Å². The van der Waals surface area contributed by atoms with E-state index in [9.17, 15) is 4.79 Å². The summed E-state index contributed by atoms with van der Waals surface area (Å²) in [7, 11) is 0. The molecule has 0 aliphatic heterocycles. The van der Waals surface area contributed by atoms with Gasteiger partial charge in [0, 0.05) is 29.1 Å². The van der Waals surface area contributed by atoms with Crippen molar-refractivity contribution in [3.05, 3.63) is 101 Å². The molecule has 3 aromatic rings. The van der Waals surface area contributed by atoms with Crippen molar-refractivity contribution in [3.8, 4) is 5.75 Å². The van der Waals surface area contributed by atoms with Crippen molar-refractivity contribution in [2.24, 2.45) is 5.16 Å². The molecule has 1 aromatic heterocycles. The van der Waals surface area contributed by atoms with Gasteiger partial charge in [-0.2, -0.15) is 0 Å². The lowest BCUT2D eigenvalue weighted by Gasteiger charge is -2.19. The van der Waals surface area contributed by atoms with E-state index in [-0.39, 0.29) is 6.61 Å². The first-order valence-corrected chi connectivity index (χ1v) is 10.0. The number of oxime groups is 1. The Balaban J connectivity index is 1.50. The quantitative estimate of drug-likeness (QED) is 0.438. The van der Waals surface area contributed by atoms with Gasteiger partial charge < -0.3 is 14.7 Å². The standard InChI is InChI=1S/C25H22N2O4/c28-24(29)17-30-23-8-4-7-21-15-18(9-10-22(21)23)16-31-27-25(19-5-2-1-3-6-19)20-11-13-26-14-12-20/h1-8,11-15H,9-10,16-17H2,(H,28,29). The second-order valence-electron chi connectivity index (χ2n) is 7.12. The number of carbonyl (C=O) groups is 1. The molecule has 0 amide bonds. The maximum Gasteiger partial charge on any atom is 0.341 e. The fourth-order valence-corrected chi connectivity index (χ4v) is 3.51. The van der Waals surface area contributed by atoms with Crippen LogP contribution in [0, 0.1) is 0 Å². The molecule has 0 saturated heterocycles. The Morgan fingerprint density at radius 3 is 2.52 bits per heavy atom. The summed E-state index contributed by atoms with van der Waals surface area (Å²) < 4.78 is 5.42. The topological polar surface area (TPSA) is 81.0 Å². The second kappa shape index (κ2) is 9.71. The molecule has 0 atom stereocenters. The lowest BCUT2D eigenvalue weighted by atomic mass is 9.92. The molecule has 0 bridgehead atoms. The van der Waals surface area contributed by atoms with Gasteiger partial charge >= 0.3 is 5.97 Å². The number of rotatable bonds is 8. The highest BCUT2D eigenvalue weighted by atomic mass is 16.6.